The van der Waals surface area contributed by atoms with Crippen molar-refractivity contribution in [2.75, 3.05) is 18.8 Å². The predicted octanol–water partition coefficient (Wildman–Crippen LogP) is 5.64. The van der Waals surface area contributed by atoms with Crippen LogP contribution in [0.3, 0.4) is 0 Å². The van der Waals surface area contributed by atoms with Gasteiger partial charge in [-0.2, -0.15) is 0 Å². The van der Waals surface area contributed by atoms with E-state index in [-0.39, 0.29) is 34.2 Å². The molecule has 4 N–H and O–H groups in total. The maximum Gasteiger partial charge on any atom is 0.410 e. The fourth-order valence-electron chi connectivity index (χ4n) is 4.99. The van der Waals surface area contributed by atoms with Crippen molar-refractivity contribution in [1.82, 2.24) is 24.8 Å². The number of likely N-dealkylation sites (tertiary alicyclic amines) is 1. The summed E-state index contributed by atoms with van der Waals surface area (Å²) in [5.41, 5.74) is 8.49. The number of halogens is 1. The van der Waals surface area contributed by atoms with Crippen LogP contribution in [0.2, 0.25) is 0 Å². The van der Waals surface area contributed by atoms with E-state index in [9.17, 15) is 17.6 Å². The highest BCUT2D eigenvalue weighted by atomic mass is 32.2. The number of nitrogens with zero attached hydrogens (tertiary/aromatic N) is 3. The second kappa shape index (κ2) is 10.5. The highest BCUT2D eigenvalue weighted by Crippen LogP contribution is 2.38. The Morgan fingerprint density at radius 3 is 2.34 bits per heavy atom. The number of fused-ring (bicyclic) bond motifs is 1. The summed E-state index contributed by atoms with van der Waals surface area (Å²) in [4.78, 5) is 29.9. The molecule has 12 heteroatoms. The van der Waals surface area contributed by atoms with Crippen LogP contribution < -0.4 is 5.73 Å². The van der Waals surface area contributed by atoms with Gasteiger partial charge in [0.15, 0.2) is 15.8 Å². The minimum absolute atomic E-state index is 0.0204. The second-order valence-electron chi connectivity index (χ2n) is 11.7. The van der Waals surface area contributed by atoms with Gasteiger partial charge in [0.25, 0.3) is 0 Å². The minimum Gasteiger partial charge on any atom is -0.444 e. The first-order valence-corrected chi connectivity index (χ1v) is 15.1. The van der Waals surface area contributed by atoms with Gasteiger partial charge in [0.1, 0.15) is 22.8 Å². The van der Waals surface area contributed by atoms with Crippen molar-refractivity contribution in [3.63, 3.8) is 0 Å². The highest BCUT2D eigenvalue weighted by molar-refractivity contribution is 7.92. The standard InChI is InChI=1S/C29H35FN6O4S/c1-16(2)41(38,39)22-15-19(14-21-25(22)35-27(31)32-21)24-23(17-6-8-20(30)9-7-17)33-26(34-24)18-10-12-36(13-11-18)28(37)40-29(3,4)5/h6-9,14-16,18H,10-13H2,1-5H3,(H,33,34)(H3,31,32,35). The Labute approximate surface area is 238 Å². The summed E-state index contributed by atoms with van der Waals surface area (Å²) >= 11 is 0. The molecule has 0 unspecified atom stereocenters. The maximum atomic E-state index is 13.8. The Morgan fingerprint density at radius 1 is 1.07 bits per heavy atom. The predicted molar refractivity (Wildman–Crippen MR) is 156 cm³/mol. The fourth-order valence-corrected chi connectivity index (χ4v) is 6.22. The molecule has 0 bridgehead atoms. The molecule has 5 rings (SSSR count). The average Bonchev–Trinajstić information content (AvgIpc) is 3.50. The van der Waals surface area contributed by atoms with E-state index >= 15 is 0 Å². The van der Waals surface area contributed by atoms with Crippen LogP contribution in [0.15, 0.2) is 41.3 Å². The SMILES string of the molecule is CC(C)S(=O)(=O)c1cc(-c2nc(C3CCN(C(=O)OC(C)(C)C)CC3)[nH]c2-c2ccc(F)cc2)cc2[nH]c(N)nc12. The number of aromatic amines is 2. The molecular weight excluding hydrogens is 547 g/mol. The van der Waals surface area contributed by atoms with Gasteiger partial charge in [0, 0.05) is 30.1 Å². The Bertz CT molecular complexity index is 1700. The number of amides is 1. The summed E-state index contributed by atoms with van der Waals surface area (Å²) in [5, 5.41) is -0.680. The van der Waals surface area contributed by atoms with Crippen molar-refractivity contribution in [3.05, 3.63) is 48.0 Å². The van der Waals surface area contributed by atoms with Crippen molar-refractivity contribution < 1.29 is 22.3 Å². The number of benzene rings is 2. The molecule has 218 valence electrons. The van der Waals surface area contributed by atoms with Crippen LogP contribution >= 0.6 is 0 Å². The highest BCUT2D eigenvalue weighted by Gasteiger charge is 2.31. The summed E-state index contributed by atoms with van der Waals surface area (Å²) in [5.74, 6) is 0.465. The van der Waals surface area contributed by atoms with E-state index in [2.05, 4.69) is 15.0 Å². The van der Waals surface area contributed by atoms with Crippen LogP contribution in [-0.2, 0) is 14.6 Å². The van der Waals surface area contributed by atoms with E-state index in [0.29, 0.717) is 59.8 Å². The number of anilines is 1. The van der Waals surface area contributed by atoms with Gasteiger partial charge in [-0.15, -0.1) is 0 Å². The molecule has 1 amide bonds. The van der Waals surface area contributed by atoms with Gasteiger partial charge in [-0.05, 0) is 83.9 Å². The average molecular weight is 583 g/mol. The number of carbonyl (C=O) groups is 1. The van der Waals surface area contributed by atoms with E-state index in [1.807, 2.05) is 20.8 Å². The Hall–Kier alpha value is -3.93. The number of sulfone groups is 1. The number of ether oxygens (including phenoxy) is 1. The molecule has 0 saturated carbocycles. The molecule has 0 atom stereocenters. The molecule has 2 aromatic heterocycles. The lowest BCUT2D eigenvalue weighted by molar-refractivity contribution is 0.0203. The van der Waals surface area contributed by atoms with Crippen LogP contribution in [0.1, 0.15) is 59.2 Å². The first-order chi connectivity index (χ1) is 19.2. The largest absolute Gasteiger partial charge is 0.444 e. The Morgan fingerprint density at radius 2 is 1.73 bits per heavy atom. The van der Waals surface area contributed by atoms with E-state index in [1.165, 1.54) is 12.1 Å². The quantitative estimate of drug-likeness (QED) is 0.276. The van der Waals surface area contributed by atoms with Crippen molar-refractivity contribution in [2.45, 2.75) is 69.1 Å². The zero-order valence-corrected chi connectivity index (χ0v) is 24.6. The zero-order valence-electron chi connectivity index (χ0n) is 23.8. The van der Waals surface area contributed by atoms with Crippen LogP contribution in [0.4, 0.5) is 15.1 Å². The third kappa shape index (κ3) is 5.79. The van der Waals surface area contributed by atoms with E-state index < -0.39 is 20.7 Å². The summed E-state index contributed by atoms with van der Waals surface area (Å²) in [6.07, 6.45) is 0.991. The lowest BCUT2D eigenvalue weighted by Gasteiger charge is -2.32. The van der Waals surface area contributed by atoms with Gasteiger partial charge in [-0.3, -0.25) is 0 Å². The first kappa shape index (κ1) is 28.6. The number of imidazole rings is 2. The maximum absolute atomic E-state index is 13.8. The third-order valence-electron chi connectivity index (χ3n) is 7.16. The summed E-state index contributed by atoms with van der Waals surface area (Å²) < 4.78 is 46.0. The molecule has 1 saturated heterocycles. The fraction of sp³-hybridized carbons (Fsp3) is 0.414. The number of carbonyl (C=O) groups excluding carboxylic acids is 1. The molecule has 1 aliphatic rings. The number of aromatic nitrogens is 4. The lowest BCUT2D eigenvalue weighted by Crippen LogP contribution is -2.41. The minimum atomic E-state index is -3.72. The van der Waals surface area contributed by atoms with Crippen molar-refractivity contribution in [1.29, 1.82) is 0 Å². The third-order valence-corrected chi connectivity index (χ3v) is 9.32. The van der Waals surface area contributed by atoms with Gasteiger partial charge < -0.3 is 25.3 Å². The topological polar surface area (TPSA) is 147 Å². The molecule has 3 heterocycles. The molecule has 2 aromatic carbocycles. The molecule has 4 aromatic rings. The molecule has 0 spiro atoms. The summed E-state index contributed by atoms with van der Waals surface area (Å²) in [7, 11) is -3.72. The Balaban J connectivity index is 1.57. The van der Waals surface area contributed by atoms with Crippen LogP contribution in [-0.4, -0.2) is 63.3 Å². The van der Waals surface area contributed by atoms with E-state index in [4.69, 9.17) is 15.5 Å². The van der Waals surface area contributed by atoms with Gasteiger partial charge in [0.05, 0.1) is 27.0 Å². The van der Waals surface area contributed by atoms with E-state index in [1.54, 1.807) is 43.0 Å². The molecule has 10 nitrogen and oxygen atoms in total. The number of hydrogen-bond acceptors (Lipinski definition) is 7. The van der Waals surface area contributed by atoms with Crippen LogP contribution in [0, 0.1) is 5.82 Å². The molecule has 1 fully saturated rings. The number of hydrogen-bond donors (Lipinski definition) is 3. The molecular formula is C29H35FN6O4S. The Kier molecular flexibility index (Phi) is 7.31. The normalized spacial score (nSPS) is 15.1. The van der Waals surface area contributed by atoms with Crippen molar-refractivity contribution in [2.24, 2.45) is 0 Å². The number of nitrogen functional groups attached to an aromatic ring is 1. The second-order valence-corrected chi connectivity index (χ2v) is 14.2. The van der Waals surface area contributed by atoms with Gasteiger partial charge in [0.2, 0.25) is 0 Å². The number of H-pyrrole nitrogens is 2. The summed E-state index contributed by atoms with van der Waals surface area (Å²) in [6, 6.07) is 9.39. The van der Waals surface area contributed by atoms with Crippen LogP contribution in [0.5, 0.6) is 0 Å². The number of nitrogens with two attached hydrogens (primary N) is 1. The smallest absolute Gasteiger partial charge is 0.410 e. The lowest BCUT2D eigenvalue weighted by atomic mass is 9.96. The molecule has 0 aliphatic carbocycles. The molecule has 1 aliphatic heterocycles. The number of nitrogens with one attached hydrogen (secondary N) is 2. The van der Waals surface area contributed by atoms with Crippen LogP contribution in [0.25, 0.3) is 33.5 Å². The number of piperidine rings is 1. The van der Waals surface area contributed by atoms with E-state index in [0.717, 1.165) is 0 Å². The van der Waals surface area contributed by atoms with Gasteiger partial charge in [-0.25, -0.2) is 27.6 Å². The first-order valence-electron chi connectivity index (χ1n) is 13.6. The monoisotopic (exact) mass is 582 g/mol. The molecule has 0 radical (unpaired) electrons. The summed E-state index contributed by atoms with van der Waals surface area (Å²) in [6.45, 7) is 9.77. The molecule has 41 heavy (non-hydrogen) atoms. The van der Waals surface area contributed by atoms with Crippen molar-refractivity contribution >= 4 is 32.9 Å². The van der Waals surface area contributed by atoms with Crippen molar-refractivity contribution in [3.8, 4) is 22.5 Å². The number of rotatable bonds is 5. The van der Waals surface area contributed by atoms with Gasteiger partial charge >= 0.3 is 6.09 Å². The van der Waals surface area contributed by atoms with Gasteiger partial charge in [-0.1, -0.05) is 0 Å². The zero-order chi connectivity index (χ0) is 29.7.